The lowest BCUT2D eigenvalue weighted by molar-refractivity contribution is 0.185. The van der Waals surface area contributed by atoms with Gasteiger partial charge in [0.05, 0.1) is 0 Å². The molecule has 2 nitrogen and oxygen atoms in total. The van der Waals surface area contributed by atoms with Crippen molar-refractivity contribution in [3.63, 3.8) is 0 Å². The molecule has 0 aromatic heterocycles. The summed E-state index contributed by atoms with van der Waals surface area (Å²) < 4.78 is 0. The minimum Gasteiger partial charge on any atom is -0.327 e. The Bertz CT molecular complexity index is 354. The molecule has 0 radical (unpaired) electrons. The predicted octanol–water partition coefficient (Wildman–Crippen LogP) is 2.24. The van der Waals surface area contributed by atoms with Gasteiger partial charge in [0.1, 0.15) is 0 Å². The zero-order chi connectivity index (χ0) is 11.5. The van der Waals surface area contributed by atoms with Gasteiger partial charge in [0, 0.05) is 12.6 Å². The molecular weight excluding hydrogens is 232 g/mol. The molecule has 1 heterocycles. The van der Waals surface area contributed by atoms with Gasteiger partial charge < -0.3 is 10.6 Å². The smallest absolute Gasteiger partial charge is 0.00947 e. The number of benzene rings is 1. The highest BCUT2D eigenvalue weighted by Gasteiger charge is 2.24. The molecule has 0 saturated carbocycles. The van der Waals surface area contributed by atoms with Crippen LogP contribution in [0.5, 0.6) is 0 Å². The van der Waals surface area contributed by atoms with E-state index in [1.807, 2.05) is 0 Å². The number of hydrogen-bond acceptors (Lipinski definition) is 2. The van der Waals surface area contributed by atoms with Crippen LogP contribution in [0.2, 0.25) is 0 Å². The van der Waals surface area contributed by atoms with E-state index < -0.39 is 0 Å². The van der Waals surface area contributed by atoms with Gasteiger partial charge in [0.25, 0.3) is 0 Å². The Balaban J connectivity index is 0.00000144. The van der Waals surface area contributed by atoms with Crippen molar-refractivity contribution in [2.24, 2.45) is 11.7 Å². The van der Waals surface area contributed by atoms with Gasteiger partial charge in [0.15, 0.2) is 0 Å². The van der Waals surface area contributed by atoms with Gasteiger partial charge >= 0.3 is 0 Å². The van der Waals surface area contributed by atoms with Gasteiger partial charge in [-0.3, -0.25) is 0 Å². The molecule has 1 aliphatic heterocycles. The maximum absolute atomic E-state index is 6.20. The van der Waals surface area contributed by atoms with E-state index in [0.717, 1.165) is 25.9 Å². The minimum atomic E-state index is 0. The van der Waals surface area contributed by atoms with Crippen LogP contribution in [-0.2, 0) is 6.42 Å². The lowest BCUT2D eigenvalue weighted by Gasteiger charge is -2.34. The normalized spacial score (nSPS) is 25.4. The Morgan fingerprint density at radius 3 is 2.88 bits per heavy atom. The van der Waals surface area contributed by atoms with Crippen molar-refractivity contribution in [1.29, 1.82) is 0 Å². The molecule has 0 spiro atoms. The second kappa shape index (κ2) is 6.39. The average Bonchev–Trinajstić information content (AvgIpc) is 2.24. The van der Waals surface area contributed by atoms with E-state index in [0.29, 0.717) is 12.0 Å². The average molecular weight is 255 g/mol. The van der Waals surface area contributed by atoms with E-state index in [1.54, 1.807) is 0 Å². The number of nitrogens with two attached hydrogens (primary N) is 1. The summed E-state index contributed by atoms with van der Waals surface area (Å²) in [5, 5.41) is 0. The topological polar surface area (TPSA) is 29.3 Å². The second-order valence-electron chi connectivity index (χ2n) is 5.17. The Kier molecular flexibility index (Phi) is 5.44. The van der Waals surface area contributed by atoms with Crippen LogP contribution in [0.25, 0.3) is 0 Å². The molecule has 2 atom stereocenters. The lowest BCUT2D eigenvalue weighted by atomic mass is 9.87. The molecule has 2 rings (SSSR count). The minimum absolute atomic E-state index is 0. The van der Waals surface area contributed by atoms with Crippen molar-refractivity contribution in [2.75, 3.05) is 20.1 Å². The maximum atomic E-state index is 6.20. The molecule has 3 heteroatoms. The summed E-state index contributed by atoms with van der Waals surface area (Å²) in [5.41, 5.74) is 8.97. The monoisotopic (exact) mass is 254 g/mol. The van der Waals surface area contributed by atoms with Crippen molar-refractivity contribution in [3.8, 4) is 0 Å². The van der Waals surface area contributed by atoms with Crippen molar-refractivity contribution >= 4 is 12.4 Å². The molecular formula is C14H23ClN2. The largest absolute Gasteiger partial charge is 0.327 e. The number of likely N-dealkylation sites (tertiary alicyclic amines) is 1. The third-order valence-electron chi connectivity index (χ3n) is 3.58. The van der Waals surface area contributed by atoms with Gasteiger partial charge in [-0.25, -0.2) is 0 Å². The highest BCUT2D eigenvalue weighted by atomic mass is 35.5. The van der Waals surface area contributed by atoms with E-state index in [4.69, 9.17) is 5.73 Å². The van der Waals surface area contributed by atoms with E-state index >= 15 is 0 Å². The fraction of sp³-hybridized carbons (Fsp3) is 0.571. The van der Waals surface area contributed by atoms with E-state index in [2.05, 4.69) is 43.1 Å². The maximum Gasteiger partial charge on any atom is 0.00947 e. The molecule has 1 aromatic rings. The fourth-order valence-corrected chi connectivity index (χ4v) is 2.59. The van der Waals surface area contributed by atoms with Gasteiger partial charge in [-0.05, 0) is 44.8 Å². The Morgan fingerprint density at radius 1 is 1.41 bits per heavy atom. The van der Waals surface area contributed by atoms with Crippen LogP contribution in [0, 0.1) is 12.8 Å². The molecule has 96 valence electrons. The zero-order valence-electron chi connectivity index (χ0n) is 10.7. The summed E-state index contributed by atoms with van der Waals surface area (Å²) in [5.74, 6) is 0.612. The Morgan fingerprint density at radius 2 is 2.18 bits per heavy atom. The quantitative estimate of drug-likeness (QED) is 0.877. The van der Waals surface area contributed by atoms with E-state index in [-0.39, 0.29) is 12.4 Å². The zero-order valence-corrected chi connectivity index (χ0v) is 11.5. The third kappa shape index (κ3) is 3.98. The first kappa shape index (κ1) is 14.5. The molecule has 2 unspecified atom stereocenters. The van der Waals surface area contributed by atoms with Crippen molar-refractivity contribution in [1.82, 2.24) is 4.90 Å². The number of aryl methyl sites for hydroxylation is 1. The number of rotatable bonds is 2. The van der Waals surface area contributed by atoms with Crippen LogP contribution in [-0.4, -0.2) is 31.1 Å². The summed E-state index contributed by atoms with van der Waals surface area (Å²) >= 11 is 0. The second-order valence-corrected chi connectivity index (χ2v) is 5.17. The van der Waals surface area contributed by atoms with Crippen LogP contribution in [0.1, 0.15) is 17.5 Å². The molecule has 0 amide bonds. The molecule has 2 N–H and O–H groups in total. The number of hydrogen-bond donors (Lipinski definition) is 1. The molecule has 0 aliphatic carbocycles. The predicted molar refractivity (Wildman–Crippen MR) is 75.7 cm³/mol. The lowest BCUT2D eigenvalue weighted by Crippen LogP contribution is -2.46. The van der Waals surface area contributed by atoms with Gasteiger partial charge in [-0.15, -0.1) is 12.4 Å². The van der Waals surface area contributed by atoms with Crippen molar-refractivity contribution in [3.05, 3.63) is 35.4 Å². The first-order valence-corrected chi connectivity index (χ1v) is 6.15. The molecule has 1 saturated heterocycles. The summed E-state index contributed by atoms with van der Waals surface area (Å²) in [4.78, 5) is 2.39. The molecule has 1 aromatic carbocycles. The number of halogens is 1. The van der Waals surface area contributed by atoms with Crippen LogP contribution in [0.3, 0.4) is 0 Å². The summed E-state index contributed by atoms with van der Waals surface area (Å²) in [6, 6.07) is 9.16. The first-order valence-electron chi connectivity index (χ1n) is 6.15. The van der Waals surface area contributed by atoms with Crippen LogP contribution in [0.4, 0.5) is 0 Å². The van der Waals surface area contributed by atoms with E-state index in [9.17, 15) is 0 Å². The van der Waals surface area contributed by atoms with Crippen LogP contribution >= 0.6 is 12.4 Å². The van der Waals surface area contributed by atoms with Gasteiger partial charge in [-0.2, -0.15) is 0 Å². The SMILES string of the molecule is Cc1cccc(CC2CN(C)CCC2N)c1.Cl. The highest BCUT2D eigenvalue weighted by molar-refractivity contribution is 5.85. The highest BCUT2D eigenvalue weighted by Crippen LogP contribution is 2.19. The third-order valence-corrected chi connectivity index (χ3v) is 3.58. The Labute approximate surface area is 111 Å². The van der Waals surface area contributed by atoms with Crippen molar-refractivity contribution in [2.45, 2.75) is 25.8 Å². The fourth-order valence-electron chi connectivity index (χ4n) is 2.59. The summed E-state index contributed by atoms with van der Waals surface area (Å²) in [6.45, 7) is 4.43. The molecule has 1 aliphatic rings. The van der Waals surface area contributed by atoms with Crippen LogP contribution < -0.4 is 5.73 Å². The van der Waals surface area contributed by atoms with Gasteiger partial charge in [0.2, 0.25) is 0 Å². The Hall–Kier alpha value is -0.570. The summed E-state index contributed by atoms with van der Waals surface area (Å²) in [6.07, 6.45) is 2.25. The molecule has 0 bridgehead atoms. The molecule has 1 fully saturated rings. The van der Waals surface area contributed by atoms with Crippen molar-refractivity contribution < 1.29 is 0 Å². The standard InChI is InChI=1S/C14H22N2.ClH/c1-11-4-3-5-12(8-11)9-13-10-16(2)7-6-14(13)15;/h3-5,8,13-14H,6-7,9-10,15H2,1-2H3;1H. The summed E-state index contributed by atoms with van der Waals surface area (Å²) in [7, 11) is 2.19. The number of nitrogens with zero attached hydrogens (tertiary/aromatic N) is 1. The first-order chi connectivity index (χ1) is 7.65. The molecule has 17 heavy (non-hydrogen) atoms. The van der Waals surface area contributed by atoms with E-state index in [1.165, 1.54) is 11.1 Å². The van der Waals surface area contributed by atoms with Crippen LogP contribution in [0.15, 0.2) is 24.3 Å². The van der Waals surface area contributed by atoms with Gasteiger partial charge in [-0.1, -0.05) is 29.8 Å². The number of piperidine rings is 1.